The molecule has 3 rings (SSSR count). The Bertz CT molecular complexity index is 833. The third-order valence-electron chi connectivity index (χ3n) is 3.51. The molecule has 0 atom stereocenters. The Hall–Kier alpha value is -2.53. The Morgan fingerprint density at radius 3 is 2.42 bits per heavy atom. The van der Waals surface area contributed by atoms with E-state index in [-0.39, 0.29) is 5.91 Å². The van der Waals surface area contributed by atoms with Gasteiger partial charge in [0.15, 0.2) is 0 Å². The van der Waals surface area contributed by atoms with Crippen LogP contribution in [-0.4, -0.2) is 15.9 Å². The smallest absolute Gasteiger partial charge is 0.229 e. The van der Waals surface area contributed by atoms with Gasteiger partial charge in [0.2, 0.25) is 5.91 Å². The molecule has 0 aliphatic rings. The van der Waals surface area contributed by atoms with Crippen LogP contribution in [0.15, 0.2) is 54.0 Å². The van der Waals surface area contributed by atoms with Gasteiger partial charge in [-0.05, 0) is 24.3 Å². The lowest BCUT2D eigenvalue weighted by Crippen LogP contribution is -2.27. The molecular weight excluding hydrogens is 318 g/mol. The summed E-state index contributed by atoms with van der Waals surface area (Å²) in [7, 11) is 0. The summed E-state index contributed by atoms with van der Waals surface area (Å²) >= 11 is 1.57. The Kier molecular flexibility index (Phi) is 4.44. The van der Waals surface area contributed by atoms with Crippen molar-refractivity contribution in [1.82, 2.24) is 9.97 Å². The SMILES string of the molecule is CC(C)(C)C(=O)Nc1ccc(-c2csc(-c3ccccn3)n2)cc1. The highest BCUT2D eigenvalue weighted by molar-refractivity contribution is 7.13. The van der Waals surface area contributed by atoms with Gasteiger partial charge in [-0.3, -0.25) is 9.78 Å². The quantitative estimate of drug-likeness (QED) is 0.743. The first-order valence-corrected chi connectivity index (χ1v) is 8.60. The molecule has 1 aromatic carbocycles. The Labute approximate surface area is 145 Å². The van der Waals surface area contributed by atoms with Crippen molar-refractivity contribution in [2.45, 2.75) is 20.8 Å². The van der Waals surface area contributed by atoms with E-state index in [0.29, 0.717) is 0 Å². The standard InChI is InChI=1S/C19H19N3OS/c1-19(2,3)18(23)21-14-9-7-13(8-10-14)16-12-24-17(22-16)15-6-4-5-11-20-15/h4-12H,1-3H3,(H,21,23). The predicted octanol–water partition coefficient (Wildman–Crippen LogP) is 4.86. The van der Waals surface area contributed by atoms with Gasteiger partial charge in [0.25, 0.3) is 0 Å². The molecule has 0 aliphatic heterocycles. The van der Waals surface area contributed by atoms with Crippen LogP contribution in [0.4, 0.5) is 5.69 Å². The van der Waals surface area contributed by atoms with Crippen molar-refractivity contribution in [3.63, 3.8) is 0 Å². The maximum absolute atomic E-state index is 12.0. The van der Waals surface area contributed by atoms with Gasteiger partial charge in [-0.2, -0.15) is 0 Å². The average molecular weight is 337 g/mol. The number of hydrogen-bond acceptors (Lipinski definition) is 4. The van der Waals surface area contributed by atoms with Gasteiger partial charge in [-0.25, -0.2) is 4.98 Å². The zero-order valence-corrected chi connectivity index (χ0v) is 14.7. The second-order valence-corrected chi connectivity index (χ2v) is 7.39. The number of carbonyl (C=O) groups is 1. The molecule has 0 fully saturated rings. The summed E-state index contributed by atoms with van der Waals surface area (Å²) in [6.45, 7) is 5.68. The summed E-state index contributed by atoms with van der Waals surface area (Å²) < 4.78 is 0. The highest BCUT2D eigenvalue weighted by Gasteiger charge is 2.21. The van der Waals surface area contributed by atoms with Crippen LogP contribution in [0.5, 0.6) is 0 Å². The predicted molar refractivity (Wildman–Crippen MR) is 98.9 cm³/mol. The molecule has 4 nitrogen and oxygen atoms in total. The summed E-state index contributed by atoms with van der Waals surface area (Å²) in [6.07, 6.45) is 1.77. The number of amides is 1. The third kappa shape index (κ3) is 3.68. The number of rotatable bonds is 3. The highest BCUT2D eigenvalue weighted by atomic mass is 32.1. The second kappa shape index (κ2) is 6.53. The minimum Gasteiger partial charge on any atom is -0.326 e. The first kappa shape index (κ1) is 16.3. The zero-order chi connectivity index (χ0) is 17.2. The van der Waals surface area contributed by atoms with E-state index in [1.807, 2.05) is 68.6 Å². The number of aromatic nitrogens is 2. The van der Waals surface area contributed by atoms with Crippen LogP contribution < -0.4 is 5.32 Å². The van der Waals surface area contributed by atoms with Crippen LogP contribution in [0.25, 0.3) is 22.0 Å². The topological polar surface area (TPSA) is 54.9 Å². The van der Waals surface area contributed by atoms with Crippen LogP contribution in [0.3, 0.4) is 0 Å². The lowest BCUT2D eigenvalue weighted by atomic mass is 9.95. The van der Waals surface area contributed by atoms with Crippen LogP contribution >= 0.6 is 11.3 Å². The second-order valence-electron chi connectivity index (χ2n) is 6.53. The Morgan fingerprint density at radius 1 is 1.04 bits per heavy atom. The molecule has 122 valence electrons. The molecular formula is C19H19N3OS. The van der Waals surface area contributed by atoms with Gasteiger partial charge in [0.1, 0.15) is 5.01 Å². The van der Waals surface area contributed by atoms with Gasteiger partial charge in [0, 0.05) is 28.2 Å². The first-order valence-electron chi connectivity index (χ1n) is 7.72. The number of hydrogen-bond donors (Lipinski definition) is 1. The van der Waals surface area contributed by atoms with Gasteiger partial charge < -0.3 is 5.32 Å². The number of benzene rings is 1. The number of nitrogens with zero attached hydrogens (tertiary/aromatic N) is 2. The number of thiazole rings is 1. The normalized spacial score (nSPS) is 11.3. The van der Waals surface area contributed by atoms with Crippen molar-refractivity contribution < 1.29 is 4.79 Å². The first-order chi connectivity index (χ1) is 11.4. The summed E-state index contributed by atoms with van der Waals surface area (Å²) in [6, 6.07) is 13.5. The monoisotopic (exact) mass is 337 g/mol. The highest BCUT2D eigenvalue weighted by Crippen LogP contribution is 2.28. The fourth-order valence-electron chi connectivity index (χ4n) is 2.06. The minimum absolute atomic E-state index is 0.00125. The van der Waals surface area contributed by atoms with Crippen molar-refractivity contribution in [2.24, 2.45) is 5.41 Å². The van der Waals surface area contributed by atoms with E-state index in [2.05, 4.69) is 15.3 Å². The molecule has 0 unspecified atom stereocenters. The molecule has 0 spiro atoms. The average Bonchev–Trinajstić information content (AvgIpc) is 3.05. The van der Waals surface area contributed by atoms with Gasteiger partial charge in [-0.1, -0.05) is 39.0 Å². The number of anilines is 1. The fraction of sp³-hybridized carbons (Fsp3) is 0.211. The number of pyridine rings is 1. The summed E-state index contributed by atoms with van der Waals surface area (Å²) in [5, 5.41) is 5.84. The van der Waals surface area contributed by atoms with E-state index >= 15 is 0 Å². The molecule has 1 amide bonds. The maximum atomic E-state index is 12.0. The molecule has 0 radical (unpaired) electrons. The van der Waals surface area contributed by atoms with Crippen LogP contribution in [0.1, 0.15) is 20.8 Å². The molecule has 1 N–H and O–H groups in total. The molecule has 0 saturated carbocycles. The Morgan fingerprint density at radius 2 is 1.79 bits per heavy atom. The minimum atomic E-state index is -0.412. The van der Waals surface area contributed by atoms with Gasteiger partial charge >= 0.3 is 0 Å². The Balaban J connectivity index is 1.77. The molecule has 5 heteroatoms. The van der Waals surface area contributed by atoms with E-state index < -0.39 is 5.41 Å². The van der Waals surface area contributed by atoms with E-state index in [1.165, 1.54) is 0 Å². The fourth-order valence-corrected chi connectivity index (χ4v) is 2.86. The van der Waals surface area contributed by atoms with Crippen LogP contribution in [0.2, 0.25) is 0 Å². The molecule has 0 aliphatic carbocycles. The molecule has 2 aromatic heterocycles. The number of carbonyl (C=O) groups excluding carboxylic acids is 1. The maximum Gasteiger partial charge on any atom is 0.229 e. The van der Waals surface area contributed by atoms with Gasteiger partial charge in [0.05, 0.1) is 11.4 Å². The zero-order valence-electron chi connectivity index (χ0n) is 13.9. The summed E-state index contributed by atoms with van der Waals surface area (Å²) in [4.78, 5) is 21.0. The van der Waals surface area contributed by atoms with Crippen molar-refractivity contribution in [3.8, 4) is 22.0 Å². The van der Waals surface area contributed by atoms with Gasteiger partial charge in [-0.15, -0.1) is 11.3 Å². The lowest BCUT2D eigenvalue weighted by Gasteiger charge is -2.17. The molecule has 2 heterocycles. The molecule has 3 aromatic rings. The van der Waals surface area contributed by atoms with Crippen molar-refractivity contribution in [1.29, 1.82) is 0 Å². The van der Waals surface area contributed by atoms with E-state index in [9.17, 15) is 4.79 Å². The van der Waals surface area contributed by atoms with Crippen molar-refractivity contribution in [3.05, 3.63) is 54.0 Å². The summed E-state index contributed by atoms with van der Waals surface area (Å²) in [5.41, 5.74) is 3.18. The lowest BCUT2D eigenvalue weighted by molar-refractivity contribution is -0.123. The van der Waals surface area contributed by atoms with Crippen LogP contribution in [-0.2, 0) is 4.79 Å². The molecule has 0 bridgehead atoms. The van der Waals surface area contributed by atoms with E-state index in [4.69, 9.17) is 0 Å². The van der Waals surface area contributed by atoms with E-state index in [1.54, 1.807) is 17.5 Å². The largest absolute Gasteiger partial charge is 0.326 e. The van der Waals surface area contributed by atoms with Crippen molar-refractivity contribution >= 4 is 22.9 Å². The van der Waals surface area contributed by atoms with E-state index in [0.717, 1.165) is 27.6 Å². The molecule has 0 saturated heterocycles. The molecule has 24 heavy (non-hydrogen) atoms. The third-order valence-corrected chi connectivity index (χ3v) is 4.37. The van der Waals surface area contributed by atoms with Crippen molar-refractivity contribution in [2.75, 3.05) is 5.32 Å². The van der Waals surface area contributed by atoms with Crippen LogP contribution in [0, 0.1) is 5.41 Å². The number of nitrogens with one attached hydrogen (secondary N) is 1. The summed E-state index contributed by atoms with van der Waals surface area (Å²) in [5.74, 6) is 0.00125.